The second-order valence-electron chi connectivity index (χ2n) is 6.93. The normalized spacial score (nSPS) is 22.9. The first-order valence-electron chi connectivity index (χ1n) is 8.56. The van der Waals surface area contributed by atoms with Crippen LogP contribution in [0.5, 0.6) is 0 Å². The van der Waals surface area contributed by atoms with Gasteiger partial charge in [-0.3, -0.25) is 4.79 Å². The zero-order chi connectivity index (χ0) is 17.9. The van der Waals surface area contributed by atoms with Gasteiger partial charge in [0, 0.05) is 36.3 Å². The number of rotatable bonds is 4. The standard InChI is InChI=1S/C18H20FN3O3/c1-2-14-13(20)8-22(14)16-6-15-10(5-12(16)19)17(23)11(18(24)25)7-21(15)9-3-4-9/h5-7,9,13-14H,2-4,8,20H2,1H3,(H,24,25). The highest BCUT2D eigenvalue weighted by molar-refractivity contribution is 5.93. The van der Waals surface area contributed by atoms with E-state index in [2.05, 4.69) is 0 Å². The van der Waals surface area contributed by atoms with Gasteiger partial charge in [-0.2, -0.15) is 0 Å². The molecule has 0 radical (unpaired) electrons. The lowest BCUT2D eigenvalue weighted by molar-refractivity contribution is 0.0695. The molecule has 0 amide bonds. The number of hydrogen-bond acceptors (Lipinski definition) is 4. The number of aromatic carboxylic acids is 1. The van der Waals surface area contributed by atoms with Gasteiger partial charge in [0.2, 0.25) is 5.43 Å². The molecule has 2 aliphatic rings. The molecule has 25 heavy (non-hydrogen) atoms. The number of nitrogens with two attached hydrogens (primary N) is 1. The van der Waals surface area contributed by atoms with Gasteiger partial charge in [-0.25, -0.2) is 9.18 Å². The van der Waals surface area contributed by atoms with Crippen molar-refractivity contribution >= 4 is 22.6 Å². The van der Waals surface area contributed by atoms with Crippen molar-refractivity contribution in [3.05, 3.63) is 39.9 Å². The molecule has 2 fully saturated rings. The highest BCUT2D eigenvalue weighted by Crippen LogP contribution is 2.39. The number of anilines is 1. The average Bonchev–Trinajstić information content (AvgIpc) is 3.38. The lowest BCUT2D eigenvalue weighted by Crippen LogP contribution is -2.64. The number of hydrogen-bond donors (Lipinski definition) is 2. The molecule has 3 N–H and O–H groups in total. The Morgan fingerprint density at radius 2 is 2.12 bits per heavy atom. The van der Waals surface area contributed by atoms with Crippen LogP contribution in [0.3, 0.4) is 0 Å². The van der Waals surface area contributed by atoms with E-state index in [1.54, 1.807) is 6.07 Å². The van der Waals surface area contributed by atoms with E-state index < -0.39 is 17.2 Å². The van der Waals surface area contributed by atoms with Crippen molar-refractivity contribution < 1.29 is 14.3 Å². The van der Waals surface area contributed by atoms with E-state index >= 15 is 0 Å². The van der Waals surface area contributed by atoms with Gasteiger partial charge in [-0.15, -0.1) is 0 Å². The summed E-state index contributed by atoms with van der Waals surface area (Å²) in [6.07, 6.45) is 4.06. The molecular weight excluding hydrogens is 325 g/mol. The van der Waals surface area contributed by atoms with Crippen molar-refractivity contribution in [1.29, 1.82) is 0 Å². The number of aromatic nitrogens is 1. The molecule has 2 aromatic rings. The van der Waals surface area contributed by atoms with Gasteiger partial charge in [0.1, 0.15) is 11.4 Å². The van der Waals surface area contributed by atoms with Crippen LogP contribution >= 0.6 is 0 Å². The first kappa shape index (κ1) is 16.1. The Morgan fingerprint density at radius 1 is 1.40 bits per heavy atom. The van der Waals surface area contributed by atoms with Crippen LogP contribution in [0.25, 0.3) is 10.9 Å². The number of carbonyl (C=O) groups is 1. The average molecular weight is 345 g/mol. The van der Waals surface area contributed by atoms with Crippen molar-refractivity contribution in [1.82, 2.24) is 4.57 Å². The molecule has 2 heterocycles. The van der Waals surface area contributed by atoms with Crippen LogP contribution in [0, 0.1) is 5.82 Å². The highest BCUT2D eigenvalue weighted by atomic mass is 19.1. The number of carboxylic acid groups (broad SMARTS) is 1. The molecule has 1 saturated carbocycles. The van der Waals surface area contributed by atoms with Crippen LogP contribution in [0.4, 0.5) is 10.1 Å². The molecule has 6 nitrogen and oxygen atoms in total. The fourth-order valence-corrected chi connectivity index (χ4v) is 3.76. The van der Waals surface area contributed by atoms with Gasteiger partial charge < -0.3 is 20.3 Å². The second-order valence-corrected chi connectivity index (χ2v) is 6.93. The van der Waals surface area contributed by atoms with Crippen LogP contribution < -0.4 is 16.1 Å². The minimum absolute atomic E-state index is 0.0140. The Bertz CT molecular complexity index is 935. The maximum Gasteiger partial charge on any atom is 0.341 e. The maximum atomic E-state index is 14.7. The molecule has 4 rings (SSSR count). The van der Waals surface area contributed by atoms with E-state index in [9.17, 15) is 19.1 Å². The summed E-state index contributed by atoms with van der Waals surface area (Å²) in [7, 11) is 0. The predicted molar refractivity (Wildman–Crippen MR) is 92.8 cm³/mol. The monoisotopic (exact) mass is 345 g/mol. The predicted octanol–water partition coefficient (Wildman–Crippen LogP) is 2.10. The number of carboxylic acids is 1. The van der Waals surface area contributed by atoms with Gasteiger partial charge in [-0.05, 0) is 31.4 Å². The Labute approximate surface area is 143 Å². The van der Waals surface area contributed by atoms with Crippen molar-refractivity contribution in [2.75, 3.05) is 11.4 Å². The molecule has 0 bridgehead atoms. The minimum atomic E-state index is -1.29. The molecule has 1 aliphatic heterocycles. The molecule has 1 aromatic carbocycles. The fourth-order valence-electron chi connectivity index (χ4n) is 3.76. The summed E-state index contributed by atoms with van der Waals surface area (Å²) in [5.74, 6) is -1.80. The van der Waals surface area contributed by atoms with Crippen molar-refractivity contribution in [3.8, 4) is 0 Å². The molecule has 2 atom stereocenters. The number of pyridine rings is 1. The summed E-state index contributed by atoms with van der Waals surface area (Å²) in [6.45, 7) is 2.58. The largest absolute Gasteiger partial charge is 0.477 e. The summed E-state index contributed by atoms with van der Waals surface area (Å²) < 4.78 is 16.5. The smallest absolute Gasteiger partial charge is 0.341 e. The van der Waals surface area contributed by atoms with Gasteiger partial charge in [0.15, 0.2) is 0 Å². The van der Waals surface area contributed by atoms with Crippen LogP contribution in [0.2, 0.25) is 0 Å². The van der Waals surface area contributed by atoms with Crippen molar-refractivity contribution in [2.45, 2.75) is 44.3 Å². The molecule has 1 aliphatic carbocycles. The third kappa shape index (κ3) is 2.41. The highest BCUT2D eigenvalue weighted by Gasteiger charge is 2.37. The first-order chi connectivity index (χ1) is 11.9. The van der Waals surface area contributed by atoms with E-state index in [-0.39, 0.29) is 29.1 Å². The SMILES string of the molecule is CCC1C(N)CN1c1cc2c(cc1F)c(=O)c(C(=O)O)cn2C1CC1. The molecule has 1 aromatic heterocycles. The summed E-state index contributed by atoms with van der Waals surface area (Å²) in [5.41, 5.74) is 6.06. The van der Waals surface area contributed by atoms with E-state index in [1.165, 1.54) is 12.3 Å². The van der Waals surface area contributed by atoms with E-state index in [1.807, 2.05) is 16.4 Å². The van der Waals surface area contributed by atoms with Crippen molar-refractivity contribution in [2.24, 2.45) is 5.73 Å². The van der Waals surface area contributed by atoms with Crippen LogP contribution in [-0.2, 0) is 0 Å². The minimum Gasteiger partial charge on any atom is -0.477 e. The van der Waals surface area contributed by atoms with Crippen molar-refractivity contribution in [3.63, 3.8) is 0 Å². The third-order valence-electron chi connectivity index (χ3n) is 5.30. The summed E-state index contributed by atoms with van der Waals surface area (Å²) in [4.78, 5) is 25.7. The number of fused-ring (bicyclic) bond motifs is 1. The van der Waals surface area contributed by atoms with Gasteiger partial charge in [0.25, 0.3) is 0 Å². The first-order valence-corrected chi connectivity index (χ1v) is 8.56. The van der Waals surface area contributed by atoms with Gasteiger partial charge >= 0.3 is 5.97 Å². The molecule has 7 heteroatoms. The lowest BCUT2D eigenvalue weighted by Gasteiger charge is -2.48. The Morgan fingerprint density at radius 3 is 2.68 bits per heavy atom. The van der Waals surface area contributed by atoms with E-state index in [0.717, 1.165) is 19.3 Å². The quantitative estimate of drug-likeness (QED) is 0.886. The molecule has 0 spiro atoms. The number of nitrogens with zero attached hydrogens (tertiary/aromatic N) is 2. The molecule has 132 valence electrons. The third-order valence-corrected chi connectivity index (χ3v) is 5.30. The maximum absolute atomic E-state index is 14.7. The molecule has 2 unspecified atom stereocenters. The van der Waals surface area contributed by atoms with Crippen LogP contribution in [0.1, 0.15) is 42.6 Å². The number of benzene rings is 1. The second kappa shape index (κ2) is 5.56. The lowest BCUT2D eigenvalue weighted by atomic mass is 9.93. The Hall–Kier alpha value is -2.41. The Balaban J connectivity index is 1.93. The van der Waals surface area contributed by atoms with Gasteiger partial charge in [-0.1, -0.05) is 6.92 Å². The molecular formula is C18H20FN3O3. The Kier molecular flexibility index (Phi) is 3.57. The summed E-state index contributed by atoms with van der Waals surface area (Å²) in [6, 6.07) is 3.10. The topological polar surface area (TPSA) is 88.6 Å². The zero-order valence-electron chi connectivity index (χ0n) is 13.9. The van der Waals surface area contributed by atoms with E-state index in [4.69, 9.17) is 5.73 Å². The number of halogens is 1. The fraction of sp³-hybridized carbons (Fsp3) is 0.444. The van der Waals surface area contributed by atoms with Crippen LogP contribution in [-0.4, -0.2) is 34.3 Å². The molecule has 1 saturated heterocycles. The zero-order valence-corrected chi connectivity index (χ0v) is 13.9. The summed E-state index contributed by atoms with van der Waals surface area (Å²) >= 11 is 0. The van der Waals surface area contributed by atoms with E-state index in [0.29, 0.717) is 17.7 Å². The van der Waals surface area contributed by atoms with Crippen LogP contribution in [0.15, 0.2) is 23.1 Å². The summed E-state index contributed by atoms with van der Waals surface area (Å²) in [5, 5.41) is 9.39. The van der Waals surface area contributed by atoms with Gasteiger partial charge in [0.05, 0.1) is 11.2 Å².